The van der Waals surface area contributed by atoms with Gasteiger partial charge in [-0.05, 0) is 62.7 Å². The van der Waals surface area contributed by atoms with E-state index in [2.05, 4.69) is 4.98 Å². The van der Waals surface area contributed by atoms with E-state index >= 15 is 0 Å². The monoisotopic (exact) mass is 637 g/mol. The van der Waals surface area contributed by atoms with Gasteiger partial charge in [0.15, 0.2) is 15.1 Å². The molecule has 1 amide bonds. The largest absolute Gasteiger partial charge is 0.485 e. The zero-order valence-electron chi connectivity index (χ0n) is 21.5. The van der Waals surface area contributed by atoms with E-state index < -0.39 is 26.8 Å². The Morgan fingerprint density at radius 3 is 2.71 bits per heavy atom. The number of carbonyl (C=O) groups excluding carboxylic acids is 1. The van der Waals surface area contributed by atoms with Crippen molar-refractivity contribution in [3.63, 3.8) is 0 Å². The summed E-state index contributed by atoms with van der Waals surface area (Å²) in [6, 6.07) is 15.7. The molecule has 8 nitrogen and oxygen atoms in total. The predicted octanol–water partition coefficient (Wildman–Crippen LogP) is 1.65. The van der Waals surface area contributed by atoms with Crippen LogP contribution in [0.3, 0.4) is 0 Å². The van der Waals surface area contributed by atoms with Crippen molar-refractivity contribution in [3.8, 4) is 17.4 Å². The maximum Gasteiger partial charge on any atom is 0.410 e. The Hall–Kier alpha value is -2.96. The molecular weight excluding hydrogens is 606 g/mol. The number of nitrogens with zero attached hydrogens (tertiary/aromatic N) is 2. The second-order valence-corrected chi connectivity index (χ2v) is 12.5. The fraction of sp³-hybridized carbons (Fsp3) is 0.357. The number of aromatic nitrogens is 1. The minimum atomic E-state index is -0.725. The topological polar surface area (TPSA) is 90.4 Å². The summed E-state index contributed by atoms with van der Waals surface area (Å²) in [7, 11) is 0. The van der Waals surface area contributed by atoms with E-state index in [4.69, 9.17) is 18.9 Å². The van der Waals surface area contributed by atoms with E-state index in [0.29, 0.717) is 34.8 Å². The summed E-state index contributed by atoms with van der Waals surface area (Å²) in [4.78, 5) is 18.3. The highest BCUT2D eigenvalue weighted by atomic mass is 127. The van der Waals surface area contributed by atoms with Crippen molar-refractivity contribution in [2.75, 3.05) is 26.3 Å². The van der Waals surface area contributed by atoms with E-state index in [1.54, 1.807) is 35.4 Å². The number of rotatable bonds is 8. The molecule has 1 atom stereocenters. The average Bonchev–Trinajstić information content (AvgIpc) is 2.89. The van der Waals surface area contributed by atoms with Crippen LogP contribution in [-0.2, 0) is 16.1 Å². The zero-order valence-corrected chi connectivity index (χ0v) is 23.7. The molecule has 10 heteroatoms. The van der Waals surface area contributed by atoms with Gasteiger partial charge in [-0.15, -0.1) is 0 Å². The number of benzene rings is 2. The fourth-order valence-electron chi connectivity index (χ4n) is 3.56. The van der Waals surface area contributed by atoms with Crippen molar-refractivity contribution >= 4 is 6.09 Å². The van der Waals surface area contributed by atoms with Crippen molar-refractivity contribution in [3.05, 3.63) is 79.3 Å². The van der Waals surface area contributed by atoms with Gasteiger partial charge in [-0.25, -0.2) is 14.2 Å². The van der Waals surface area contributed by atoms with Crippen LogP contribution in [0.15, 0.2) is 60.8 Å². The number of hydrogen-bond donors (Lipinski definition) is 1. The molecule has 3 aromatic rings. The number of aliphatic hydroxyl groups excluding tert-OH is 1. The Kier molecular flexibility index (Phi) is 9.40. The van der Waals surface area contributed by atoms with Gasteiger partial charge in [0.25, 0.3) is 5.88 Å². The first-order chi connectivity index (χ1) is 18.2. The molecule has 1 N–H and O–H groups in total. The lowest BCUT2D eigenvalue weighted by atomic mass is 10.2. The Bertz CT molecular complexity index is 1230. The first kappa shape index (κ1) is 28.1. The third-order valence-corrected chi connectivity index (χ3v) is 8.16. The van der Waals surface area contributed by atoms with E-state index in [9.17, 15) is 14.3 Å². The van der Waals surface area contributed by atoms with Crippen LogP contribution in [0.25, 0.3) is 0 Å². The molecule has 0 saturated carbocycles. The highest BCUT2D eigenvalue weighted by Crippen LogP contribution is 2.29. The first-order valence-corrected chi connectivity index (χ1v) is 14.4. The van der Waals surface area contributed by atoms with Gasteiger partial charge in [-0.1, -0.05) is 12.1 Å². The second-order valence-electron chi connectivity index (χ2n) is 9.59. The lowest BCUT2D eigenvalue weighted by Gasteiger charge is -2.34. The summed E-state index contributed by atoms with van der Waals surface area (Å²) in [5.41, 5.74) is 0.250. The SMILES string of the molecule is CC(C)(C)OC(=O)N1CCO[C@H](COc2cccnc2Oc2ccc([I+]c3ccc(CO)cc3)c(F)c2)C1. The fourth-order valence-corrected chi connectivity index (χ4v) is 5.72. The molecule has 0 radical (unpaired) electrons. The second kappa shape index (κ2) is 12.7. The molecule has 202 valence electrons. The molecule has 38 heavy (non-hydrogen) atoms. The highest BCUT2D eigenvalue weighted by Gasteiger charge is 2.29. The molecular formula is C28H31FIN2O6+. The molecule has 1 saturated heterocycles. The Balaban J connectivity index is 1.36. The van der Waals surface area contributed by atoms with Gasteiger partial charge < -0.3 is 29.0 Å². The summed E-state index contributed by atoms with van der Waals surface area (Å²) < 4.78 is 39.6. The van der Waals surface area contributed by atoms with Gasteiger partial charge in [0.1, 0.15) is 24.1 Å². The number of halogens is 2. The molecule has 1 aromatic heterocycles. The quantitative estimate of drug-likeness (QED) is 0.376. The van der Waals surface area contributed by atoms with Crippen molar-refractivity contribution in [1.29, 1.82) is 0 Å². The molecule has 0 bridgehead atoms. The van der Waals surface area contributed by atoms with Crippen molar-refractivity contribution < 1.29 is 54.4 Å². The van der Waals surface area contributed by atoms with Crippen LogP contribution < -0.4 is 30.7 Å². The number of amides is 1. The molecule has 4 rings (SSSR count). The number of morpholine rings is 1. The smallest absolute Gasteiger partial charge is 0.410 e. The number of carbonyl (C=O) groups is 1. The summed E-state index contributed by atoms with van der Waals surface area (Å²) >= 11 is -0.725. The normalized spacial score (nSPS) is 15.7. The zero-order chi connectivity index (χ0) is 27.1. The first-order valence-electron chi connectivity index (χ1n) is 12.2. The molecule has 1 aliphatic rings. The summed E-state index contributed by atoms with van der Waals surface area (Å²) in [6.07, 6.45) is 0.832. The van der Waals surface area contributed by atoms with E-state index in [-0.39, 0.29) is 37.1 Å². The van der Waals surface area contributed by atoms with Gasteiger partial charge in [-0.3, -0.25) is 0 Å². The van der Waals surface area contributed by atoms with Crippen LogP contribution in [0.5, 0.6) is 17.4 Å². The van der Waals surface area contributed by atoms with E-state index in [1.165, 1.54) is 6.07 Å². The Labute approximate surface area is 231 Å². The number of pyridine rings is 1. The van der Waals surface area contributed by atoms with Crippen LogP contribution in [0.1, 0.15) is 26.3 Å². The number of aliphatic hydroxyl groups is 1. The molecule has 1 aliphatic heterocycles. The van der Waals surface area contributed by atoms with Crippen LogP contribution in [0.4, 0.5) is 9.18 Å². The molecule has 0 unspecified atom stereocenters. The predicted molar refractivity (Wildman–Crippen MR) is 134 cm³/mol. The molecule has 1 fully saturated rings. The van der Waals surface area contributed by atoms with Crippen LogP contribution in [-0.4, -0.2) is 59.1 Å². The Morgan fingerprint density at radius 1 is 1.21 bits per heavy atom. The van der Waals surface area contributed by atoms with Crippen LogP contribution in [0, 0.1) is 13.0 Å². The molecule has 2 heterocycles. The Morgan fingerprint density at radius 2 is 2.00 bits per heavy atom. The summed E-state index contributed by atoms with van der Waals surface area (Å²) in [6.45, 7) is 6.80. The van der Waals surface area contributed by atoms with Crippen molar-refractivity contribution in [2.24, 2.45) is 0 Å². The molecule has 0 spiro atoms. The maximum absolute atomic E-state index is 14.9. The standard InChI is InChI=1S/C28H31FIN2O6/c1-28(2,3)38-27(34)32-13-14-35-22(16-32)18-36-25-5-4-12-31-26(25)37-21-10-11-24(23(29)15-21)30-20-8-6-19(17-33)7-9-20/h4-12,15,22,33H,13-14,16-18H2,1-3H3/q+1/t22-/m0/s1. The van der Waals surface area contributed by atoms with E-state index in [1.807, 2.05) is 45.0 Å². The average molecular weight is 637 g/mol. The van der Waals surface area contributed by atoms with Crippen LogP contribution >= 0.6 is 0 Å². The summed E-state index contributed by atoms with van der Waals surface area (Å²) in [5, 5.41) is 9.19. The lowest BCUT2D eigenvalue weighted by molar-refractivity contribution is -0.600. The van der Waals surface area contributed by atoms with Crippen molar-refractivity contribution in [1.82, 2.24) is 9.88 Å². The lowest BCUT2D eigenvalue weighted by Crippen LogP contribution is -3.61. The minimum Gasteiger partial charge on any atom is -0.485 e. The third-order valence-electron chi connectivity index (χ3n) is 5.36. The van der Waals surface area contributed by atoms with Crippen LogP contribution in [0.2, 0.25) is 0 Å². The van der Waals surface area contributed by atoms with Gasteiger partial charge in [0.05, 0.1) is 19.8 Å². The van der Waals surface area contributed by atoms with E-state index in [0.717, 1.165) is 9.13 Å². The van der Waals surface area contributed by atoms with Gasteiger partial charge >= 0.3 is 27.3 Å². The van der Waals surface area contributed by atoms with Crippen molar-refractivity contribution in [2.45, 2.75) is 39.1 Å². The molecule has 0 aliphatic carbocycles. The van der Waals surface area contributed by atoms with Gasteiger partial charge in [0, 0.05) is 18.8 Å². The number of ether oxygens (including phenoxy) is 4. The summed E-state index contributed by atoms with van der Waals surface area (Å²) in [5.74, 6) is 0.539. The highest BCUT2D eigenvalue weighted by molar-refractivity contribution is 5.68. The minimum absolute atomic E-state index is 0.0174. The van der Waals surface area contributed by atoms with Gasteiger partial charge in [-0.2, -0.15) is 0 Å². The number of hydrogen-bond acceptors (Lipinski definition) is 7. The third kappa shape index (κ3) is 8.02. The molecule has 2 aromatic carbocycles. The van der Waals surface area contributed by atoms with Gasteiger partial charge in [0.2, 0.25) is 3.57 Å². The maximum atomic E-state index is 14.9.